The summed E-state index contributed by atoms with van der Waals surface area (Å²) in [6.45, 7) is 2.29. The molecule has 0 unspecified atom stereocenters. The van der Waals surface area contributed by atoms with Crippen LogP contribution in [0.25, 0.3) is 0 Å². The van der Waals surface area contributed by atoms with Gasteiger partial charge in [0.15, 0.2) is 0 Å². The van der Waals surface area contributed by atoms with Crippen LogP contribution in [0.2, 0.25) is 0 Å². The zero-order chi connectivity index (χ0) is 12.6. The Bertz CT molecular complexity index is 249. The van der Waals surface area contributed by atoms with Gasteiger partial charge in [0.25, 0.3) is 0 Å². The van der Waals surface area contributed by atoms with Crippen LogP contribution in [0.15, 0.2) is 11.6 Å². The van der Waals surface area contributed by atoms with E-state index in [0.29, 0.717) is 19.5 Å². The summed E-state index contributed by atoms with van der Waals surface area (Å²) in [5.41, 5.74) is 0.225. The van der Waals surface area contributed by atoms with Gasteiger partial charge in [0.2, 0.25) is 0 Å². The molecule has 0 aromatic heterocycles. The van der Waals surface area contributed by atoms with Crippen molar-refractivity contribution in [2.45, 2.75) is 32.4 Å². The molecule has 0 fully saturated rings. The average Bonchev–Trinajstić information content (AvgIpc) is 2.14. The predicted molar refractivity (Wildman–Crippen MR) is 54.2 cm³/mol. The summed E-state index contributed by atoms with van der Waals surface area (Å²) in [6.07, 6.45) is -2.83. The minimum Gasteiger partial charge on any atom is -0.478 e. The molecule has 0 atom stereocenters. The number of nitrogens with one attached hydrogen (secondary N) is 1. The SMILES string of the molecule is CC(=CCNCCCCC(F)(F)F)C(=O)O. The van der Waals surface area contributed by atoms with Crippen LogP contribution in [0.4, 0.5) is 13.2 Å². The number of hydrogen-bond donors (Lipinski definition) is 2. The van der Waals surface area contributed by atoms with Crippen molar-refractivity contribution in [3.05, 3.63) is 11.6 Å². The summed E-state index contributed by atoms with van der Waals surface area (Å²) in [4.78, 5) is 10.4. The monoisotopic (exact) mass is 239 g/mol. The fraction of sp³-hybridized carbons (Fsp3) is 0.700. The molecular formula is C10H16F3NO2. The first-order chi connectivity index (χ1) is 7.33. The predicted octanol–water partition coefficient (Wildman–Crippen LogP) is 2.34. The lowest BCUT2D eigenvalue weighted by atomic mass is 10.2. The largest absolute Gasteiger partial charge is 0.478 e. The van der Waals surface area contributed by atoms with Crippen LogP contribution < -0.4 is 5.32 Å². The van der Waals surface area contributed by atoms with Crippen LogP contribution in [0.1, 0.15) is 26.2 Å². The van der Waals surface area contributed by atoms with E-state index in [1.807, 2.05) is 0 Å². The van der Waals surface area contributed by atoms with Gasteiger partial charge in [-0.1, -0.05) is 6.08 Å². The summed E-state index contributed by atoms with van der Waals surface area (Å²) < 4.78 is 35.2. The zero-order valence-corrected chi connectivity index (χ0v) is 9.10. The van der Waals surface area contributed by atoms with Gasteiger partial charge in [0.05, 0.1) is 0 Å². The normalized spacial score (nSPS) is 12.9. The van der Waals surface area contributed by atoms with Gasteiger partial charge in [-0.3, -0.25) is 0 Å². The summed E-state index contributed by atoms with van der Waals surface area (Å²) in [5.74, 6) is -0.987. The smallest absolute Gasteiger partial charge is 0.389 e. The van der Waals surface area contributed by atoms with Crippen LogP contribution >= 0.6 is 0 Å². The first-order valence-electron chi connectivity index (χ1n) is 5.00. The number of hydrogen-bond acceptors (Lipinski definition) is 2. The van der Waals surface area contributed by atoms with E-state index in [0.717, 1.165) is 0 Å². The Morgan fingerprint density at radius 2 is 2.00 bits per heavy atom. The van der Waals surface area contributed by atoms with Crippen LogP contribution in [0, 0.1) is 0 Å². The maximum atomic E-state index is 11.7. The lowest BCUT2D eigenvalue weighted by molar-refractivity contribution is -0.135. The van der Waals surface area contributed by atoms with Crippen LogP contribution in [0.5, 0.6) is 0 Å². The molecule has 0 aliphatic rings. The minimum atomic E-state index is -4.08. The number of carboxylic acids is 1. The molecule has 0 aromatic carbocycles. The molecule has 6 heteroatoms. The van der Waals surface area contributed by atoms with Crippen molar-refractivity contribution in [3.8, 4) is 0 Å². The maximum absolute atomic E-state index is 11.7. The van der Waals surface area contributed by atoms with Crippen LogP contribution in [0.3, 0.4) is 0 Å². The molecule has 0 bridgehead atoms. The minimum absolute atomic E-state index is 0.0954. The van der Waals surface area contributed by atoms with Gasteiger partial charge in [-0.2, -0.15) is 13.2 Å². The van der Waals surface area contributed by atoms with Crippen LogP contribution in [-0.2, 0) is 4.79 Å². The summed E-state index contributed by atoms with van der Waals surface area (Å²) >= 11 is 0. The summed E-state index contributed by atoms with van der Waals surface area (Å²) in [5, 5.41) is 11.3. The Kier molecular flexibility index (Phi) is 6.80. The molecule has 0 aliphatic heterocycles. The van der Waals surface area contributed by atoms with E-state index in [1.54, 1.807) is 0 Å². The van der Waals surface area contributed by atoms with E-state index in [4.69, 9.17) is 5.11 Å². The first kappa shape index (κ1) is 15.0. The molecule has 0 radical (unpaired) electrons. The zero-order valence-electron chi connectivity index (χ0n) is 9.10. The Morgan fingerprint density at radius 1 is 1.38 bits per heavy atom. The highest BCUT2D eigenvalue weighted by Crippen LogP contribution is 2.21. The van der Waals surface area contributed by atoms with E-state index < -0.39 is 18.6 Å². The Labute approximate surface area is 92.3 Å². The molecule has 16 heavy (non-hydrogen) atoms. The molecule has 0 aliphatic carbocycles. The van der Waals surface area contributed by atoms with Gasteiger partial charge in [-0.05, 0) is 26.3 Å². The topological polar surface area (TPSA) is 49.3 Å². The quantitative estimate of drug-likeness (QED) is 0.529. The van der Waals surface area contributed by atoms with Crippen molar-refractivity contribution in [1.29, 1.82) is 0 Å². The Balaban J connectivity index is 3.42. The highest BCUT2D eigenvalue weighted by molar-refractivity contribution is 5.85. The molecule has 3 nitrogen and oxygen atoms in total. The van der Waals surface area contributed by atoms with Gasteiger partial charge in [0, 0.05) is 18.5 Å². The Morgan fingerprint density at radius 3 is 2.50 bits per heavy atom. The summed E-state index contributed by atoms with van der Waals surface area (Å²) in [7, 11) is 0. The third-order valence-electron chi connectivity index (χ3n) is 1.95. The third-order valence-corrected chi connectivity index (χ3v) is 1.95. The fourth-order valence-corrected chi connectivity index (χ4v) is 0.990. The molecule has 0 aromatic rings. The molecule has 0 amide bonds. The van der Waals surface area contributed by atoms with E-state index in [-0.39, 0.29) is 12.0 Å². The van der Waals surface area contributed by atoms with Crippen molar-refractivity contribution in [2.24, 2.45) is 0 Å². The molecule has 0 rings (SSSR count). The molecule has 2 N–H and O–H groups in total. The van der Waals surface area contributed by atoms with E-state index in [2.05, 4.69) is 5.32 Å². The standard InChI is InChI=1S/C10H16F3NO2/c1-8(9(15)16)4-7-14-6-3-2-5-10(11,12)13/h4,14H,2-3,5-7H2,1H3,(H,15,16). The van der Waals surface area contributed by atoms with Gasteiger partial charge < -0.3 is 10.4 Å². The third kappa shape index (κ3) is 9.51. The number of carboxylic acid groups (broad SMARTS) is 1. The molecular weight excluding hydrogens is 223 g/mol. The first-order valence-corrected chi connectivity index (χ1v) is 5.00. The summed E-state index contributed by atoms with van der Waals surface area (Å²) in [6, 6.07) is 0. The van der Waals surface area contributed by atoms with Crippen molar-refractivity contribution in [1.82, 2.24) is 5.32 Å². The molecule has 0 spiro atoms. The second-order valence-corrected chi connectivity index (χ2v) is 3.47. The van der Waals surface area contributed by atoms with Crippen molar-refractivity contribution >= 4 is 5.97 Å². The molecule has 94 valence electrons. The van der Waals surface area contributed by atoms with Gasteiger partial charge in [-0.15, -0.1) is 0 Å². The van der Waals surface area contributed by atoms with Crippen molar-refractivity contribution < 1.29 is 23.1 Å². The van der Waals surface area contributed by atoms with Crippen molar-refractivity contribution in [2.75, 3.05) is 13.1 Å². The van der Waals surface area contributed by atoms with E-state index in [1.165, 1.54) is 13.0 Å². The lowest BCUT2D eigenvalue weighted by Crippen LogP contribution is -2.17. The van der Waals surface area contributed by atoms with Gasteiger partial charge >= 0.3 is 12.1 Å². The number of alkyl halides is 3. The van der Waals surface area contributed by atoms with E-state index in [9.17, 15) is 18.0 Å². The fourth-order valence-electron chi connectivity index (χ4n) is 0.990. The van der Waals surface area contributed by atoms with Gasteiger partial charge in [-0.25, -0.2) is 4.79 Å². The number of unbranched alkanes of at least 4 members (excludes halogenated alkanes) is 1. The van der Waals surface area contributed by atoms with E-state index >= 15 is 0 Å². The number of carbonyl (C=O) groups is 1. The number of rotatable bonds is 7. The Hall–Kier alpha value is -1.04. The molecule has 0 saturated carbocycles. The molecule has 0 saturated heterocycles. The number of aliphatic carboxylic acids is 1. The highest BCUT2D eigenvalue weighted by atomic mass is 19.4. The molecule has 0 heterocycles. The maximum Gasteiger partial charge on any atom is 0.389 e. The number of halogens is 3. The average molecular weight is 239 g/mol. The second-order valence-electron chi connectivity index (χ2n) is 3.47. The van der Waals surface area contributed by atoms with Crippen LogP contribution in [-0.4, -0.2) is 30.3 Å². The second kappa shape index (κ2) is 7.27. The van der Waals surface area contributed by atoms with Gasteiger partial charge in [0.1, 0.15) is 0 Å². The highest BCUT2D eigenvalue weighted by Gasteiger charge is 2.25. The lowest BCUT2D eigenvalue weighted by Gasteiger charge is -2.05. The van der Waals surface area contributed by atoms with Crippen molar-refractivity contribution in [3.63, 3.8) is 0 Å².